The van der Waals surface area contributed by atoms with Crippen LogP contribution in [0, 0.1) is 24.7 Å². The molecule has 1 heteroatoms. The normalized spacial score (nSPS) is 11.5. The first kappa shape index (κ1) is 9.08. The lowest BCUT2D eigenvalue weighted by Crippen LogP contribution is -2.24. The van der Waals surface area contributed by atoms with Crippen LogP contribution < -0.4 is 5.32 Å². The Morgan fingerprint density at radius 2 is 2.20 bits per heavy atom. The maximum absolute atomic E-state index is 5.13. The standard InChI is InChI=1S/C9H13N/c1-4-6-7-8-10-9(3)5-2/h1-2,9-10H,6-8H2,3H3. The van der Waals surface area contributed by atoms with Gasteiger partial charge in [-0.15, -0.1) is 18.8 Å². The number of hydrogen-bond acceptors (Lipinski definition) is 1. The monoisotopic (exact) mass is 135 g/mol. The molecule has 0 aliphatic carbocycles. The van der Waals surface area contributed by atoms with Crippen LogP contribution in [0.3, 0.4) is 0 Å². The maximum atomic E-state index is 5.13. The van der Waals surface area contributed by atoms with Gasteiger partial charge < -0.3 is 5.32 Å². The minimum absolute atomic E-state index is 0.165. The van der Waals surface area contributed by atoms with Gasteiger partial charge in [0.05, 0.1) is 6.04 Å². The fraction of sp³-hybridized carbons (Fsp3) is 0.556. The van der Waals surface area contributed by atoms with Crippen LogP contribution in [-0.4, -0.2) is 12.6 Å². The average Bonchev–Trinajstić information content (AvgIpc) is 1.98. The van der Waals surface area contributed by atoms with Gasteiger partial charge in [0.2, 0.25) is 0 Å². The first-order chi connectivity index (χ1) is 4.81. The van der Waals surface area contributed by atoms with E-state index in [9.17, 15) is 0 Å². The lowest BCUT2D eigenvalue weighted by atomic mass is 10.3. The van der Waals surface area contributed by atoms with E-state index in [1.807, 2.05) is 6.92 Å². The van der Waals surface area contributed by atoms with Gasteiger partial charge in [-0.1, -0.05) is 5.92 Å². The molecule has 54 valence electrons. The number of unbranched alkanes of at least 4 members (excludes halogenated alkanes) is 1. The molecule has 10 heavy (non-hydrogen) atoms. The van der Waals surface area contributed by atoms with Crippen molar-refractivity contribution in [2.75, 3.05) is 6.54 Å². The molecule has 1 N–H and O–H groups in total. The molecule has 0 bridgehead atoms. The summed E-state index contributed by atoms with van der Waals surface area (Å²) >= 11 is 0. The van der Waals surface area contributed by atoms with Crippen LogP contribution in [0.4, 0.5) is 0 Å². The van der Waals surface area contributed by atoms with Crippen molar-refractivity contribution in [1.82, 2.24) is 5.32 Å². The summed E-state index contributed by atoms with van der Waals surface area (Å²) in [6.45, 7) is 2.87. The molecule has 0 aromatic heterocycles. The van der Waals surface area contributed by atoms with Crippen molar-refractivity contribution < 1.29 is 0 Å². The van der Waals surface area contributed by atoms with Crippen LogP contribution in [-0.2, 0) is 0 Å². The molecule has 0 heterocycles. The van der Waals surface area contributed by atoms with Gasteiger partial charge in [-0.25, -0.2) is 0 Å². The minimum atomic E-state index is 0.165. The fourth-order valence-corrected chi connectivity index (χ4v) is 0.568. The smallest absolute Gasteiger partial charge is 0.0658 e. The Balaban J connectivity index is 3.07. The number of rotatable bonds is 4. The molecule has 0 fully saturated rings. The zero-order valence-electron chi connectivity index (χ0n) is 6.35. The molecule has 0 amide bonds. The molecule has 1 atom stereocenters. The highest BCUT2D eigenvalue weighted by Gasteiger charge is 1.91. The summed E-state index contributed by atoms with van der Waals surface area (Å²) in [5.74, 6) is 5.15. The molecule has 1 unspecified atom stereocenters. The Kier molecular flexibility index (Phi) is 5.63. The van der Waals surface area contributed by atoms with Crippen LogP contribution in [0.2, 0.25) is 0 Å². The van der Waals surface area contributed by atoms with Gasteiger partial charge in [0, 0.05) is 6.42 Å². The van der Waals surface area contributed by atoms with Crippen molar-refractivity contribution in [2.45, 2.75) is 25.8 Å². The second kappa shape index (κ2) is 6.20. The second-order valence-electron chi connectivity index (χ2n) is 2.15. The van der Waals surface area contributed by atoms with E-state index in [0.29, 0.717) is 0 Å². The summed E-state index contributed by atoms with van der Waals surface area (Å²) in [6.07, 6.45) is 12.0. The summed E-state index contributed by atoms with van der Waals surface area (Å²) in [7, 11) is 0. The van der Waals surface area contributed by atoms with E-state index in [1.165, 1.54) is 0 Å². The quantitative estimate of drug-likeness (QED) is 0.448. The van der Waals surface area contributed by atoms with E-state index >= 15 is 0 Å². The molecule has 0 radical (unpaired) electrons. The van der Waals surface area contributed by atoms with Crippen molar-refractivity contribution in [1.29, 1.82) is 0 Å². The third-order valence-corrected chi connectivity index (χ3v) is 1.20. The second-order valence-corrected chi connectivity index (χ2v) is 2.15. The zero-order valence-corrected chi connectivity index (χ0v) is 6.35. The van der Waals surface area contributed by atoms with Crippen molar-refractivity contribution >= 4 is 0 Å². The molecule has 0 aliphatic heterocycles. The van der Waals surface area contributed by atoms with Gasteiger partial charge in [-0.2, -0.15) is 0 Å². The van der Waals surface area contributed by atoms with E-state index in [2.05, 4.69) is 17.2 Å². The average molecular weight is 135 g/mol. The van der Waals surface area contributed by atoms with Crippen LogP contribution in [0.5, 0.6) is 0 Å². The highest BCUT2D eigenvalue weighted by Crippen LogP contribution is 1.84. The molecule has 0 aromatic carbocycles. The topological polar surface area (TPSA) is 12.0 Å². The van der Waals surface area contributed by atoms with Gasteiger partial charge >= 0.3 is 0 Å². The number of hydrogen-bond donors (Lipinski definition) is 1. The first-order valence-electron chi connectivity index (χ1n) is 3.44. The molecule has 0 spiro atoms. The fourth-order valence-electron chi connectivity index (χ4n) is 0.568. The third kappa shape index (κ3) is 5.22. The lowest BCUT2D eigenvalue weighted by Gasteiger charge is -2.04. The molecule has 0 saturated carbocycles. The SMILES string of the molecule is C#CCCCNC(C)C#C. The third-order valence-electron chi connectivity index (χ3n) is 1.20. The maximum Gasteiger partial charge on any atom is 0.0658 e. The van der Waals surface area contributed by atoms with Crippen molar-refractivity contribution in [3.05, 3.63) is 0 Å². The van der Waals surface area contributed by atoms with E-state index in [0.717, 1.165) is 19.4 Å². The Morgan fingerprint density at radius 1 is 1.50 bits per heavy atom. The summed E-state index contributed by atoms with van der Waals surface area (Å²) in [6, 6.07) is 0.165. The predicted molar refractivity (Wildman–Crippen MR) is 44.4 cm³/mol. The lowest BCUT2D eigenvalue weighted by molar-refractivity contribution is 0.624. The van der Waals surface area contributed by atoms with Gasteiger partial charge in [0.15, 0.2) is 0 Å². The summed E-state index contributed by atoms with van der Waals surface area (Å²) in [5, 5.41) is 3.14. The summed E-state index contributed by atoms with van der Waals surface area (Å²) in [5.41, 5.74) is 0. The van der Waals surface area contributed by atoms with Crippen molar-refractivity contribution in [2.24, 2.45) is 0 Å². The predicted octanol–water partition coefficient (Wildman–Crippen LogP) is 1.01. The Labute approximate surface area is 63.2 Å². The Bertz CT molecular complexity index is 147. The largest absolute Gasteiger partial charge is 0.304 e. The number of terminal acetylenes is 2. The van der Waals surface area contributed by atoms with E-state index in [4.69, 9.17) is 12.8 Å². The molecule has 0 aliphatic rings. The molecule has 0 aromatic rings. The van der Waals surface area contributed by atoms with E-state index < -0.39 is 0 Å². The van der Waals surface area contributed by atoms with Crippen LogP contribution in [0.25, 0.3) is 0 Å². The van der Waals surface area contributed by atoms with E-state index in [-0.39, 0.29) is 6.04 Å². The highest BCUT2D eigenvalue weighted by molar-refractivity contribution is 4.95. The molecular weight excluding hydrogens is 122 g/mol. The first-order valence-corrected chi connectivity index (χ1v) is 3.44. The zero-order chi connectivity index (χ0) is 7.82. The van der Waals surface area contributed by atoms with Gasteiger partial charge in [0.25, 0.3) is 0 Å². The summed E-state index contributed by atoms with van der Waals surface area (Å²) in [4.78, 5) is 0. The Morgan fingerprint density at radius 3 is 2.70 bits per heavy atom. The van der Waals surface area contributed by atoms with Gasteiger partial charge in [-0.05, 0) is 19.9 Å². The highest BCUT2D eigenvalue weighted by atomic mass is 14.9. The molecular formula is C9H13N. The number of nitrogens with one attached hydrogen (secondary N) is 1. The van der Waals surface area contributed by atoms with Gasteiger partial charge in [0.1, 0.15) is 0 Å². The molecule has 1 nitrogen and oxygen atoms in total. The molecule has 0 saturated heterocycles. The summed E-state index contributed by atoms with van der Waals surface area (Å²) < 4.78 is 0. The Hall–Kier alpha value is -0.920. The molecule has 0 rings (SSSR count). The van der Waals surface area contributed by atoms with Crippen LogP contribution in [0.15, 0.2) is 0 Å². The van der Waals surface area contributed by atoms with Crippen LogP contribution >= 0.6 is 0 Å². The van der Waals surface area contributed by atoms with Crippen molar-refractivity contribution in [3.8, 4) is 24.7 Å². The van der Waals surface area contributed by atoms with Gasteiger partial charge in [-0.3, -0.25) is 0 Å². The minimum Gasteiger partial charge on any atom is -0.304 e. The van der Waals surface area contributed by atoms with Crippen LogP contribution in [0.1, 0.15) is 19.8 Å². The van der Waals surface area contributed by atoms with Crippen molar-refractivity contribution in [3.63, 3.8) is 0 Å². The van der Waals surface area contributed by atoms with E-state index in [1.54, 1.807) is 0 Å².